The molecule has 0 amide bonds. The second kappa shape index (κ2) is 10.4. The Morgan fingerprint density at radius 2 is 2.03 bits per heavy atom. The van der Waals surface area contributed by atoms with Crippen LogP contribution in [0.5, 0.6) is 5.75 Å². The summed E-state index contributed by atoms with van der Waals surface area (Å²) in [5.41, 5.74) is 5.55. The van der Waals surface area contributed by atoms with Gasteiger partial charge in [0.05, 0.1) is 13.2 Å². The highest BCUT2D eigenvalue weighted by Crippen LogP contribution is 2.49. The van der Waals surface area contributed by atoms with E-state index in [2.05, 4.69) is 21.4 Å². The zero-order chi connectivity index (χ0) is 26.0. The number of nitrogens with one attached hydrogen (secondary N) is 1. The smallest absolute Gasteiger partial charge is 0.459 e. The van der Waals surface area contributed by atoms with Gasteiger partial charge >= 0.3 is 19.6 Å². The van der Waals surface area contributed by atoms with E-state index >= 15 is 8.78 Å². The molecule has 0 spiro atoms. The average Bonchev–Trinajstić information content (AvgIpc) is 3.02. The highest BCUT2D eigenvalue weighted by atomic mass is 31.2. The lowest BCUT2D eigenvalue weighted by Crippen LogP contribution is -2.48. The van der Waals surface area contributed by atoms with Gasteiger partial charge in [-0.25, -0.2) is 9.56 Å². The molecular weight excluding hydrogens is 489 g/mol. The fourth-order valence-corrected chi connectivity index (χ4v) is 5.13. The van der Waals surface area contributed by atoms with Gasteiger partial charge in [0.25, 0.3) is 0 Å². The van der Waals surface area contributed by atoms with Crippen LogP contribution < -0.4 is 15.3 Å². The molecule has 4 unspecified atom stereocenters. The maximum absolute atomic E-state index is 15.0. The molecule has 2 aliphatic rings. The van der Waals surface area contributed by atoms with Gasteiger partial charge in [0.2, 0.25) is 6.23 Å². The summed E-state index contributed by atoms with van der Waals surface area (Å²) in [5, 5.41) is 12.8. The summed E-state index contributed by atoms with van der Waals surface area (Å²) in [5.74, 6) is -4.51. The SMILES string of the molecule is C=C1N=C(N)C=CN1[C@@H]1O[C@H](C(C)OP(=O)(NC(C)C(=O)OC)Oc2ccccc2)C(O)C1(F)F. The monoisotopic (exact) mass is 516 g/mol. The first-order valence-corrected chi connectivity index (χ1v) is 12.0. The van der Waals surface area contributed by atoms with Crippen LogP contribution in [-0.4, -0.2) is 65.4 Å². The third-order valence-electron chi connectivity index (χ3n) is 5.18. The molecule has 4 N–H and O–H groups in total. The minimum absolute atomic E-state index is 0.0613. The summed E-state index contributed by atoms with van der Waals surface area (Å²) < 4.78 is 64.6. The third-order valence-corrected chi connectivity index (χ3v) is 6.94. The van der Waals surface area contributed by atoms with Gasteiger partial charge in [-0.3, -0.25) is 9.32 Å². The number of alkyl halides is 2. The van der Waals surface area contributed by atoms with Gasteiger partial charge in [-0.15, -0.1) is 0 Å². The van der Waals surface area contributed by atoms with Gasteiger partial charge in [-0.2, -0.15) is 13.9 Å². The molecular formula is C21H27F2N4O7P. The number of aliphatic imine (C=N–C) groups is 1. The normalized spacial score (nSPS) is 27.0. The topological polar surface area (TPSA) is 145 Å². The van der Waals surface area contributed by atoms with Crippen molar-refractivity contribution in [1.29, 1.82) is 0 Å². The summed E-state index contributed by atoms with van der Waals surface area (Å²) >= 11 is 0. The van der Waals surface area contributed by atoms with E-state index in [0.717, 1.165) is 12.0 Å². The molecule has 1 fully saturated rings. The number of esters is 1. The lowest BCUT2D eigenvalue weighted by Gasteiger charge is -2.32. The first-order chi connectivity index (χ1) is 16.4. The number of rotatable bonds is 9. The lowest BCUT2D eigenvalue weighted by molar-refractivity contribution is -0.149. The second-order valence-corrected chi connectivity index (χ2v) is 9.48. The minimum atomic E-state index is -4.38. The number of benzene rings is 1. The third kappa shape index (κ3) is 5.88. The summed E-state index contributed by atoms with van der Waals surface area (Å²) in [6, 6.07) is 6.73. The Hall–Kier alpha value is -2.83. The number of para-hydroxylation sites is 1. The zero-order valence-electron chi connectivity index (χ0n) is 19.2. The molecule has 0 aromatic heterocycles. The van der Waals surface area contributed by atoms with E-state index < -0.39 is 50.2 Å². The van der Waals surface area contributed by atoms with Gasteiger partial charge in [-0.05, 0) is 32.1 Å². The second-order valence-electron chi connectivity index (χ2n) is 7.83. The van der Waals surface area contributed by atoms with Crippen molar-refractivity contribution in [2.45, 2.75) is 50.4 Å². The number of aliphatic hydroxyl groups is 1. The van der Waals surface area contributed by atoms with E-state index in [9.17, 15) is 14.5 Å². The lowest BCUT2D eigenvalue weighted by atomic mass is 10.1. The van der Waals surface area contributed by atoms with Crippen molar-refractivity contribution in [2.24, 2.45) is 10.7 Å². The first kappa shape index (κ1) is 26.8. The van der Waals surface area contributed by atoms with Crippen LogP contribution in [0.25, 0.3) is 0 Å². The van der Waals surface area contributed by atoms with Crippen LogP contribution in [0, 0.1) is 0 Å². The standard InChI is InChI=1S/C21H27F2N4O7P/c1-12(19(29)31-4)26-35(30,34-15-8-6-5-7-9-15)33-13(2)17-18(28)21(22,23)20(32-17)27-11-10-16(24)25-14(27)3/h5-13,17-18,20,28H,3H2,1-2,4H3,(H2,24,25)(H,26,30)/t12?,13?,17-,18?,20-,35?/m1/s1. The van der Waals surface area contributed by atoms with Crippen LogP contribution in [0.2, 0.25) is 0 Å². The van der Waals surface area contributed by atoms with E-state index in [-0.39, 0.29) is 17.4 Å². The van der Waals surface area contributed by atoms with Crippen LogP contribution >= 0.6 is 7.75 Å². The number of ether oxygens (including phenoxy) is 2. The molecule has 0 saturated carbocycles. The number of halogens is 2. The van der Waals surface area contributed by atoms with Crippen molar-refractivity contribution >= 4 is 19.6 Å². The van der Waals surface area contributed by atoms with Crippen molar-refractivity contribution in [3.8, 4) is 5.75 Å². The number of nitrogens with two attached hydrogens (primary N) is 1. The summed E-state index contributed by atoms with van der Waals surface area (Å²) in [6.45, 7) is 6.20. The fourth-order valence-electron chi connectivity index (χ4n) is 3.44. The molecule has 2 heterocycles. The molecule has 2 aliphatic heterocycles. The molecule has 192 valence electrons. The molecule has 35 heavy (non-hydrogen) atoms. The molecule has 3 rings (SSSR count). The van der Waals surface area contributed by atoms with Crippen molar-refractivity contribution in [1.82, 2.24) is 9.99 Å². The van der Waals surface area contributed by atoms with Crippen LogP contribution in [-0.2, 0) is 23.4 Å². The predicted molar refractivity (Wildman–Crippen MR) is 121 cm³/mol. The van der Waals surface area contributed by atoms with E-state index in [1.165, 1.54) is 38.3 Å². The fraction of sp³-hybridized carbons (Fsp3) is 0.429. The van der Waals surface area contributed by atoms with Gasteiger partial charge in [0, 0.05) is 6.20 Å². The van der Waals surface area contributed by atoms with E-state index in [4.69, 9.17) is 19.5 Å². The molecule has 1 aromatic rings. The van der Waals surface area contributed by atoms with Gasteiger partial charge < -0.3 is 29.7 Å². The van der Waals surface area contributed by atoms with Gasteiger partial charge in [0.1, 0.15) is 29.6 Å². The number of hydrogen-bond donors (Lipinski definition) is 3. The Bertz CT molecular complexity index is 1060. The molecule has 11 nitrogen and oxygen atoms in total. The highest BCUT2D eigenvalue weighted by Gasteiger charge is 2.62. The maximum atomic E-state index is 15.0. The van der Waals surface area contributed by atoms with Crippen LogP contribution in [0.1, 0.15) is 13.8 Å². The van der Waals surface area contributed by atoms with Crippen LogP contribution in [0.15, 0.2) is 60.0 Å². The predicted octanol–water partition coefficient (Wildman–Crippen LogP) is 2.11. The zero-order valence-corrected chi connectivity index (χ0v) is 20.1. The summed E-state index contributed by atoms with van der Waals surface area (Å²) in [7, 11) is -3.25. The minimum Gasteiger partial charge on any atom is -0.468 e. The Kier molecular flexibility index (Phi) is 7.97. The van der Waals surface area contributed by atoms with E-state index in [0.29, 0.717) is 0 Å². The van der Waals surface area contributed by atoms with Gasteiger partial charge in [-0.1, -0.05) is 24.8 Å². The molecule has 14 heteroatoms. The maximum Gasteiger partial charge on any atom is 0.459 e. The summed E-state index contributed by atoms with van der Waals surface area (Å²) in [6.07, 6.45) is -4.92. The van der Waals surface area contributed by atoms with E-state index in [1.807, 2.05) is 0 Å². The molecule has 6 atom stereocenters. The number of carbonyl (C=O) groups excluding carboxylic acids is 1. The van der Waals surface area contributed by atoms with E-state index in [1.54, 1.807) is 18.2 Å². The highest BCUT2D eigenvalue weighted by molar-refractivity contribution is 7.52. The Balaban J connectivity index is 1.82. The largest absolute Gasteiger partial charge is 0.468 e. The number of hydrogen-bond acceptors (Lipinski definition) is 10. The Labute approximate surface area is 200 Å². The quantitative estimate of drug-likeness (QED) is 0.330. The van der Waals surface area contributed by atoms with Crippen LogP contribution in [0.4, 0.5) is 8.78 Å². The number of nitrogens with zero attached hydrogens (tertiary/aromatic N) is 2. The Morgan fingerprint density at radius 1 is 1.37 bits per heavy atom. The van der Waals surface area contributed by atoms with Crippen molar-refractivity contribution < 1.29 is 41.8 Å². The molecule has 1 aromatic carbocycles. The summed E-state index contributed by atoms with van der Waals surface area (Å²) in [4.78, 5) is 16.6. The van der Waals surface area contributed by atoms with Crippen molar-refractivity contribution in [3.05, 3.63) is 55.0 Å². The van der Waals surface area contributed by atoms with Crippen molar-refractivity contribution in [2.75, 3.05) is 7.11 Å². The number of amidine groups is 1. The molecule has 0 bridgehead atoms. The first-order valence-electron chi connectivity index (χ1n) is 10.5. The van der Waals surface area contributed by atoms with Gasteiger partial charge in [0.15, 0.2) is 6.10 Å². The Morgan fingerprint density at radius 3 is 2.63 bits per heavy atom. The van der Waals surface area contributed by atoms with Crippen molar-refractivity contribution in [3.63, 3.8) is 0 Å². The number of carbonyl (C=O) groups is 1. The number of methoxy groups -OCH3 is 1. The molecule has 0 aliphatic carbocycles. The number of aliphatic hydroxyl groups excluding tert-OH is 1. The molecule has 1 saturated heterocycles. The van der Waals surface area contributed by atoms with Crippen LogP contribution in [0.3, 0.4) is 0 Å². The average molecular weight is 516 g/mol. The molecule has 0 radical (unpaired) electrons.